The van der Waals surface area contributed by atoms with E-state index >= 15 is 0 Å². The van der Waals surface area contributed by atoms with E-state index in [-0.39, 0.29) is 10.3 Å². The van der Waals surface area contributed by atoms with Crippen molar-refractivity contribution in [1.82, 2.24) is 4.72 Å². The fourth-order valence-corrected chi connectivity index (χ4v) is 5.65. The molecule has 1 aromatic heterocycles. The number of thiophene rings is 1. The average Bonchev–Trinajstić information content (AvgIpc) is 3.25. The van der Waals surface area contributed by atoms with Gasteiger partial charge >= 0.3 is 0 Å². The first-order valence-electron chi connectivity index (χ1n) is 8.14. The van der Waals surface area contributed by atoms with Crippen molar-refractivity contribution >= 4 is 21.4 Å². The van der Waals surface area contributed by atoms with Crippen molar-refractivity contribution in [3.05, 3.63) is 46.2 Å². The molecule has 1 heterocycles. The third-order valence-corrected chi connectivity index (χ3v) is 7.01. The Morgan fingerprint density at radius 2 is 2.00 bits per heavy atom. The molecule has 0 bridgehead atoms. The molecule has 1 fully saturated rings. The molecule has 0 radical (unpaired) electrons. The standard InChI is InChI=1S/C18H23NO3S2/c1-14-5-6-16(22-2)17(11-14)24(20,21)19-13-18(8-3-4-9-18)15-7-10-23-12-15/h5-7,10-12,19H,3-4,8-9,13H2,1-2H3. The van der Waals surface area contributed by atoms with E-state index in [1.165, 1.54) is 12.7 Å². The zero-order valence-corrected chi connectivity index (χ0v) is 15.7. The second-order valence-electron chi connectivity index (χ2n) is 6.48. The number of methoxy groups -OCH3 is 1. The van der Waals surface area contributed by atoms with Crippen LogP contribution >= 0.6 is 11.3 Å². The first kappa shape index (κ1) is 17.5. The first-order chi connectivity index (χ1) is 11.5. The van der Waals surface area contributed by atoms with Gasteiger partial charge in [0.25, 0.3) is 0 Å². The number of benzene rings is 1. The van der Waals surface area contributed by atoms with Crippen LogP contribution in [0.4, 0.5) is 0 Å². The summed E-state index contributed by atoms with van der Waals surface area (Å²) in [6.07, 6.45) is 4.34. The summed E-state index contributed by atoms with van der Waals surface area (Å²) in [5.74, 6) is 0.379. The zero-order valence-electron chi connectivity index (χ0n) is 14.0. The zero-order chi connectivity index (χ0) is 17.2. The molecule has 1 saturated carbocycles. The maximum absolute atomic E-state index is 12.8. The molecule has 1 N–H and O–H groups in total. The monoisotopic (exact) mass is 365 g/mol. The lowest BCUT2D eigenvalue weighted by Crippen LogP contribution is -2.38. The summed E-state index contributed by atoms with van der Waals surface area (Å²) < 4.78 is 33.8. The second-order valence-corrected chi connectivity index (χ2v) is 8.99. The molecule has 130 valence electrons. The van der Waals surface area contributed by atoms with E-state index in [4.69, 9.17) is 4.74 Å². The van der Waals surface area contributed by atoms with Crippen LogP contribution < -0.4 is 9.46 Å². The third kappa shape index (κ3) is 3.36. The number of hydrogen-bond acceptors (Lipinski definition) is 4. The maximum Gasteiger partial charge on any atom is 0.244 e. The van der Waals surface area contributed by atoms with Gasteiger partial charge in [-0.2, -0.15) is 11.3 Å². The van der Waals surface area contributed by atoms with E-state index in [1.807, 2.05) is 13.0 Å². The molecule has 1 aliphatic rings. The average molecular weight is 366 g/mol. The van der Waals surface area contributed by atoms with E-state index in [0.29, 0.717) is 12.3 Å². The number of nitrogens with one attached hydrogen (secondary N) is 1. The lowest BCUT2D eigenvalue weighted by atomic mass is 9.81. The molecule has 0 spiro atoms. The van der Waals surface area contributed by atoms with Gasteiger partial charge in [0.1, 0.15) is 10.6 Å². The van der Waals surface area contributed by atoms with Crippen LogP contribution in [0.2, 0.25) is 0 Å². The molecule has 4 nitrogen and oxygen atoms in total. The van der Waals surface area contributed by atoms with Crippen molar-refractivity contribution in [2.45, 2.75) is 42.9 Å². The minimum Gasteiger partial charge on any atom is -0.495 e. The Labute approximate surface area is 147 Å². The van der Waals surface area contributed by atoms with E-state index in [9.17, 15) is 8.42 Å². The van der Waals surface area contributed by atoms with Gasteiger partial charge in [-0.1, -0.05) is 18.9 Å². The van der Waals surface area contributed by atoms with E-state index in [0.717, 1.165) is 31.2 Å². The topological polar surface area (TPSA) is 55.4 Å². The number of hydrogen-bond donors (Lipinski definition) is 1. The molecule has 0 saturated heterocycles. The molecule has 0 atom stereocenters. The summed E-state index contributed by atoms with van der Waals surface area (Å²) in [5, 5.41) is 4.21. The Balaban J connectivity index is 1.86. The van der Waals surface area contributed by atoms with Gasteiger partial charge in [0.05, 0.1) is 7.11 Å². The van der Waals surface area contributed by atoms with Crippen LogP contribution in [0.1, 0.15) is 36.8 Å². The quantitative estimate of drug-likeness (QED) is 0.846. The predicted octanol–water partition coefficient (Wildman–Crippen LogP) is 3.86. The Morgan fingerprint density at radius 3 is 2.62 bits per heavy atom. The highest BCUT2D eigenvalue weighted by Crippen LogP contribution is 2.41. The Morgan fingerprint density at radius 1 is 1.25 bits per heavy atom. The van der Waals surface area contributed by atoms with Crippen LogP contribution in [0.25, 0.3) is 0 Å². The number of rotatable bonds is 6. The van der Waals surface area contributed by atoms with Gasteiger partial charge in [0.15, 0.2) is 0 Å². The van der Waals surface area contributed by atoms with E-state index in [2.05, 4.69) is 21.5 Å². The summed E-state index contributed by atoms with van der Waals surface area (Å²) in [6, 6.07) is 7.33. The SMILES string of the molecule is COc1ccc(C)cc1S(=O)(=O)NCC1(c2ccsc2)CCCC1. The number of aryl methyl sites for hydroxylation is 1. The number of ether oxygens (including phenoxy) is 1. The lowest BCUT2D eigenvalue weighted by Gasteiger charge is -2.28. The lowest BCUT2D eigenvalue weighted by molar-refractivity contribution is 0.400. The Bertz CT molecular complexity index is 792. The van der Waals surface area contributed by atoms with Gasteiger partial charge in [-0.15, -0.1) is 0 Å². The van der Waals surface area contributed by atoms with Crippen LogP contribution in [0.15, 0.2) is 39.9 Å². The predicted molar refractivity (Wildman–Crippen MR) is 97.4 cm³/mol. The minimum absolute atomic E-state index is 0.0792. The summed E-state index contributed by atoms with van der Waals surface area (Å²) in [4.78, 5) is 0.212. The van der Waals surface area contributed by atoms with Crippen LogP contribution in [0, 0.1) is 6.92 Å². The summed E-state index contributed by atoms with van der Waals surface area (Å²) >= 11 is 1.67. The molecular formula is C18H23NO3S2. The molecule has 3 rings (SSSR count). The highest BCUT2D eigenvalue weighted by atomic mass is 32.2. The highest BCUT2D eigenvalue weighted by molar-refractivity contribution is 7.89. The largest absolute Gasteiger partial charge is 0.495 e. The second kappa shape index (κ2) is 6.86. The molecule has 0 amide bonds. The van der Waals surface area contributed by atoms with Crippen molar-refractivity contribution < 1.29 is 13.2 Å². The van der Waals surface area contributed by atoms with Crippen molar-refractivity contribution in [2.24, 2.45) is 0 Å². The van der Waals surface area contributed by atoms with Crippen LogP contribution in [0.5, 0.6) is 5.75 Å². The van der Waals surface area contributed by atoms with Crippen LogP contribution in [-0.4, -0.2) is 22.1 Å². The molecule has 1 aromatic carbocycles. The van der Waals surface area contributed by atoms with Gasteiger partial charge in [0.2, 0.25) is 10.0 Å². The van der Waals surface area contributed by atoms with Gasteiger partial charge in [0, 0.05) is 12.0 Å². The van der Waals surface area contributed by atoms with E-state index < -0.39 is 10.0 Å². The van der Waals surface area contributed by atoms with Crippen molar-refractivity contribution in [3.8, 4) is 5.75 Å². The maximum atomic E-state index is 12.8. The Hall–Kier alpha value is -1.37. The van der Waals surface area contributed by atoms with Crippen molar-refractivity contribution in [3.63, 3.8) is 0 Å². The van der Waals surface area contributed by atoms with Crippen LogP contribution in [0.3, 0.4) is 0 Å². The smallest absolute Gasteiger partial charge is 0.244 e. The van der Waals surface area contributed by atoms with Crippen molar-refractivity contribution in [2.75, 3.05) is 13.7 Å². The molecule has 0 unspecified atom stereocenters. The minimum atomic E-state index is -3.61. The molecule has 6 heteroatoms. The molecule has 2 aromatic rings. The Kier molecular flexibility index (Phi) is 4.99. The van der Waals surface area contributed by atoms with Crippen LogP contribution in [-0.2, 0) is 15.4 Å². The normalized spacial score (nSPS) is 17.1. The van der Waals surface area contributed by atoms with Gasteiger partial charge in [-0.3, -0.25) is 0 Å². The molecular weight excluding hydrogens is 342 g/mol. The van der Waals surface area contributed by atoms with E-state index in [1.54, 1.807) is 23.5 Å². The molecule has 24 heavy (non-hydrogen) atoms. The third-order valence-electron chi connectivity index (χ3n) is 4.90. The molecule has 1 aliphatic carbocycles. The van der Waals surface area contributed by atoms with Gasteiger partial charge < -0.3 is 4.74 Å². The summed E-state index contributed by atoms with van der Waals surface area (Å²) in [7, 11) is -2.12. The summed E-state index contributed by atoms with van der Waals surface area (Å²) in [6.45, 7) is 2.31. The first-order valence-corrected chi connectivity index (χ1v) is 10.6. The summed E-state index contributed by atoms with van der Waals surface area (Å²) in [5.41, 5.74) is 2.07. The van der Waals surface area contributed by atoms with Crippen molar-refractivity contribution in [1.29, 1.82) is 0 Å². The van der Waals surface area contributed by atoms with Gasteiger partial charge in [-0.05, 0) is 59.9 Å². The fraction of sp³-hybridized carbons (Fsp3) is 0.444. The highest BCUT2D eigenvalue weighted by Gasteiger charge is 2.37. The molecule has 0 aliphatic heterocycles. The number of sulfonamides is 1. The van der Waals surface area contributed by atoms with Gasteiger partial charge in [-0.25, -0.2) is 13.1 Å². The fourth-order valence-electron chi connectivity index (χ4n) is 3.49.